The minimum absolute atomic E-state index is 0.107. The highest BCUT2D eigenvalue weighted by molar-refractivity contribution is 7.78. The van der Waals surface area contributed by atoms with E-state index < -0.39 is 93.0 Å². The van der Waals surface area contributed by atoms with Gasteiger partial charge in [-0.05, 0) is 279 Å². The lowest BCUT2D eigenvalue weighted by atomic mass is 9.76. The molecule has 0 saturated carbocycles. The quantitative estimate of drug-likeness (QED) is 0.0194. The van der Waals surface area contributed by atoms with Crippen molar-refractivity contribution in [2.45, 2.75) is 62.2 Å². The van der Waals surface area contributed by atoms with Gasteiger partial charge in [-0.1, -0.05) is 84.9 Å². The number of isothiocyanates is 2. The second-order valence-electron chi connectivity index (χ2n) is 28.3. The molecule has 0 bridgehead atoms. The van der Waals surface area contributed by atoms with E-state index in [1.165, 1.54) is 85.0 Å². The average Bonchev–Trinajstić information content (AvgIpc) is 1.56. The molecule has 0 unspecified atom stereocenters. The summed E-state index contributed by atoms with van der Waals surface area (Å²) in [5, 5.41) is 22.5. The standard InChI is InChI=1S/C49H30F4N2O4S2.C47H28F2N2O8/c50-39-23-33(24-40(51)37(39)17-11-29-7-13-35(14-8-29)54-27-60)47(56)58-43-5-1-3-31-19-21-49(45(31)43)22-20-32-4-2-6-44(46(32)49)59-48(57)34-25-41(52)38(42(53)26-34)18-12-30-9-15-36(16-10-30)55-28-61;48-35-23-33(15-17-37(35)56-43(52)31-11-7-27(25-50)8-12-31)45(54)58-39-5-1-3-29-19-21-47(41(29)39)22-20-30-4-2-6-40(42(30)47)59-46(55)34-16-18-38(36(49)24-34)57-44(53)32-13-9-28(26-51)10-14-32/h1-18,23-26H,19-22H2;1-18,23-24H,19-22H2. The number of rotatable bonds is 18. The first kappa shape index (κ1) is 80.3. The number of carbonyl (C=O) groups is 6. The van der Waals surface area contributed by atoms with Crippen molar-refractivity contribution in [3.05, 3.63) is 377 Å². The Hall–Kier alpha value is -14.9. The molecule has 2 spiro atoms. The van der Waals surface area contributed by atoms with Gasteiger partial charge in [0.05, 0.1) is 78.3 Å². The van der Waals surface area contributed by atoms with Crippen molar-refractivity contribution in [3.8, 4) is 46.6 Å². The zero-order valence-corrected chi connectivity index (χ0v) is 64.3. The summed E-state index contributed by atoms with van der Waals surface area (Å²) < 4.78 is 126. The Bertz CT molecular complexity index is 6070. The molecule has 4 aliphatic rings. The number of hydrogen-bond donors (Lipinski definition) is 0. The van der Waals surface area contributed by atoms with Crippen LogP contribution in [0, 0.1) is 57.6 Å². The fourth-order valence-corrected chi connectivity index (χ4v) is 16.0. The molecule has 4 aliphatic carbocycles. The highest BCUT2D eigenvalue weighted by atomic mass is 32.1. The first-order valence-electron chi connectivity index (χ1n) is 37.3. The fourth-order valence-electron chi connectivity index (χ4n) is 15.8. The van der Waals surface area contributed by atoms with Crippen LogP contribution in [0.15, 0.2) is 241 Å². The van der Waals surface area contributed by atoms with E-state index >= 15 is 26.3 Å². The van der Waals surface area contributed by atoms with Crippen molar-refractivity contribution in [2.75, 3.05) is 0 Å². The van der Waals surface area contributed by atoms with Crippen LogP contribution in [0.25, 0.3) is 24.3 Å². The largest absolute Gasteiger partial charge is 0.423 e. The number of hydrogen-bond acceptors (Lipinski definition) is 18. The smallest absolute Gasteiger partial charge is 0.343 e. The van der Waals surface area contributed by atoms with Crippen LogP contribution in [0.5, 0.6) is 34.5 Å². The predicted octanol–water partition coefficient (Wildman–Crippen LogP) is 21.4. The fraction of sp³-hybridized carbons (Fsp3) is 0.104. The third-order valence-electron chi connectivity index (χ3n) is 21.3. The number of nitriles is 2. The van der Waals surface area contributed by atoms with E-state index in [4.69, 9.17) is 38.9 Å². The molecule has 0 heterocycles. The number of aryl methyl sites for hydroxylation is 4. The zero-order chi connectivity index (χ0) is 83.9. The van der Waals surface area contributed by atoms with E-state index in [0.717, 1.165) is 81.9 Å². The Morgan fingerprint density at radius 1 is 0.317 bits per heavy atom. The second-order valence-corrected chi connectivity index (χ2v) is 28.7. The third kappa shape index (κ3) is 16.5. The van der Waals surface area contributed by atoms with E-state index in [9.17, 15) is 28.8 Å². The molecule has 0 N–H and O–H groups in total. The number of aliphatic imine (C=N–C) groups is 2. The van der Waals surface area contributed by atoms with Crippen LogP contribution >= 0.6 is 24.4 Å². The minimum atomic E-state index is -0.967. The molecule has 24 heteroatoms. The van der Waals surface area contributed by atoms with E-state index in [-0.39, 0.29) is 67.5 Å². The highest BCUT2D eigenvalue weighted by Crippen LogP contribution is 2.60. The van der Waals surface area contributed by atoms with Gasteiger partial charge < -0.3 is 28.4 Å². The topological polar surface area (TPSA) is 230 Å². The number of esters is 6. The molecule has 0 amide bonds. The Labute approximate surface area is 691 Å². The van der Waals surface area contributed by atoms with Crippen LogP contribution in [-0.2, 0) is 36.5 Å². The SMILES string of the molecule is N#Cc1ccc(C(=O)Oc2ccc(C(=O)Oc3cccc4c3C3(CC4)CCc4cccc(OC(=O)c5ccc(OC(=O)c6ccc(C#N)cc6)c(F)c5)c43)cc2F)cc1.O=C(Oc1cccc2c1C1(CC2)CCc2cccc(OC(=O)c3cc(F)c(C=Cc4ccc(N=C=S)cc4)c(F)c3)c21)c1cc(F)c(C=Cc2ccc(N=C=S)cc2)c(F)c1. The van der Waals surface area contributed by atoms with Gasteiger partial charge in [0.2, 0.25) is 0 Å². The van der Waals surface area contributed by atoms with Crippen LogP contribution in [-0.4, -0.2) is 46.1 Å². The van der Waals surface area contributed by atoms with Gasteiger partial charge in [0, 0.05) is 44.2 Å². The lowest BCUT2D eigenvalue weighted by Crippen LogP contribution is -2.25. The van der Waals surface area contributed by atoms with Gasteiger partial charge in [0.25, 0.3) is 0 Å². The highest BCUT2D eigenvalue weighted by Gasteiger charge is 2.51. The molecule has 0 radical (unpaired) electrons. The van der Waals surface area contributed by atoms with E-state index in [1.54, 1.807) is 97.1 Å². The molecule has 16 nitrogen and oxygen atoms in total. The number of halogens is 6. The van der Waals surface area contributed by atoms with Crippen LogP contribution < -0.4 is 28.4 Å². The number of benzene rings is 12. The summed E-state index contributed by atoms with van der Waals surface area (Å²) in [7, 11) is 0. The second kappa shape index (κ2) is 34.5. The third-order valence-corrected chi connectivity index (χ3v) is 21.5. The van der Waals surface area contributed by atoms with Gasteiger partial charge in [0.15, 0.2) is 23.1 Å². The monoisotopic (exact) mass is 1640 g/mol. The summed E-state index contributed by atoms with van der Waals surface area (Å²) in [6.07, 6.45) is 10.4. The molecular formula is C96H58F6N4O12S2. The van der Waals surface area contributed by atoms with E-state index in [2.05, 4.69) is 44.7 Å². The number of fused-ring (bicyclic) bond motifs is 8. The summed E-state index contributed by atoms with van der Waals surface area (Å²) in [5.41, 5.74) is 6.81. The summed E-state index contributed by atoms with van der Waals surface area (Å²) in [4.78, 5) is 87.2. The molecule has 12 aromatic carbocycles. The van der Waals surface area contributed by atoms with Gasteiger partial charge in [-0.3, -0.25) is 0 Å². The summed E-state index contributed by atoms with van der Waals surface area (Å²) >= 11 is 9.22. The van der Waals surface area contributed by atoms with Gasteiger partial charge in [-0.2, -0.15) is 20.5 Å². The maximum atomic E-state index is 15.3. The molecule has 0 saturated heterocycles. The van der Waals surface area contributed by atoms with Crippen molar-refractivity contribution in [2.24, 2.45) is 9.98 Å². The van der Waals surface area contributed by atoms with Crippen molar-refractivity contribution < 1.29 is 83.5 Å². The number of carbonyl (C=O) groups excluding carboxylic acids is 6. The molecule has 588 valence electrons. The number of nitrogens with zero attached hydrogens (tertiary/aromatic N) is 4. The Kier molecular flexibility index (Phi) is 23.1. The molecule has 16 rings (SSSR count). The predicted molar refractivity (Wildman–Crippen MR) is 438 cm³/mol. The van der Waals surface area contributed by atoms with E-state index in [0.29, 0.717) is 96.1 Å². The maximum Gasteiger partial charge on any atom is 0.343 e. The average molecular weight is 1640 g/mol. The molecule has 0 atom stereocenters. The van der Waals surface area contributed by atoms with Gasteiger partial charge in [-0.25, -0.2) is 55.1 Å². The molecule has 0 aliphatic heterocycles. The van der Waals surface area contributed by atoms with Crippen molar-refractivity contribution in [1.29, 1.82) is 10.5 Å². The van der Waals surface area contributed by atoms with Crippen molar-refractivity contribution >= 4 is 106 Å². The molecule has 12 aromatic rings. The zero-order valence-electron chi connectivity index (χ0n) is 62.7. The first-order valence-corrected chi connectivity index (χ1v) is 38.1. The van der Waals surface area contributed by atoms with Gasteiger partial charge in [0.1, 0.15) is 46.3 Å². The molecule has 120 heavy (non-hydrogen) atoms. The first-order chi connectivity index (χ1) is 58.1. The summed E-state index contributed by atoms with van der Waals surface area (Å²) in [6.45, 7) is 0. The Morgan fingerprint density at radius 2 is 0.583 bits per heavy atom. The summed E-state index contributed by atoms with van der Waals surface area (Å²) in [6, 6.07) is 60.3. The lowest BCUT2D eigenvalue weighted by Gasteiger charge is -2.29. The lowest BCUT2D eigenvalue weighted by molar-refractivity contribution is 0.0714. The number of ether oxygens (including phenoxy) is 6. The van der Waals surface area contributed by atoms with Gasteiger partial charge >= 0.3 is 35.8 Å². The normalized spacial score (nSPS) is 14.0. The van der Waals surface area contributed by atoms with E-state index in [1.807, 2.05) is 36.4 Å². The van der Waals surface area contributed by atoms with Crippen LogP contribution in [0.3, 0.4) is 0 Å². The Morgan fingerprint density at radius 3 is 0.867 bits per heavy atom. The minimum Gasteiger partial charge on any atom is -0.423 e. The van der Waals surface area contributed by atoms with Gasteiger partial charge in [-0.15, -0.1) is 0 Å². The van der Waals surface area contributed by atoms with Crippen LogP contribution in [0.1, 0.15) is 166 Å². The van der Waals surface area contributed by atoms with Crippen molar-refractivity contribution in [1.82, 2.24) is 0 Å². The Balaban J connectivity index is 0.000000187. The van der Waals surface area contributed by atoms with Crippen LogP contribution in [0.2, 0.25) is 0 Å². The maximum absolute atomic E-state index is 15.3. The molecular weight excluding hydrogens is 1580 g/mol. The van der Waals surface area contributed by atoms with Crippen LogP contribution in [0.4, 0.5) is 37.7 Å². The summed E-state index contributed by atoms with van der Waals surface area (Å²) in [5.74, 6) is -11.0. The molecule has 0 fully saturated rings. The molecule has 0 aromatic heterocycles. The number of thiocarbonyl (C=S) groups is 2. The van der Waals surface area contributed by atoms with Crippen molar-refractivity contribution in [3.63, 3.8) is 0 Å².